The van der Waals surface area contributed by atoms with Gasteiger partial charge in [-0.1, -0.05) is 20.8 Å². The molecular formula is C20H24N2O5. The summed E-state index contributed by atoms with van der Waals surface area (Å²) in [4.78, 5) is 35.7. The summed E-state index contributed by atoms with van der Waals surface area (Å²) in [5, 5.41) is 0.704. The van der Waals surface area contributed by atoms with E-state index in [1.807, 2.05) is 20.8 Å². The Labute approximate surface area is 157 Å². The minimum Gasteiger partial charge on any atom is -0.489 e. The fourth-order valence-electron chi connectivity index (χ4n) is 2.49. The summed E-state index contributed by atoms with van der Waals surface area (Å²) in [6, 6.07) is 4.95. The molecule has 7 heteroatoms. The molecule has 144 valence electrons. The van der Waals surface area contributed by atoms with Crippen LogP contribution < -0.4 is 10.5 Å². The number of nitrogens with two attached hydrogens (primary N) is 1. The number of primary amides is 1. The summed E-state index contributed by atoms with van der Waals surface area (Å²) in [5.41, 5.74) is 5.69. The van der Waals surface area contributed by atoms with E-state index in [1.165, 1.54) is 16.7 Å². The van der Waals surface area contributed by atoms with E-state index >= 15 is 0 Å². The molecule has 0 aliphatic carbocycles. The maximum Gasteiger partial charge on any atom is 0.330 e. The summed E-state index contributed by atoms with van der Waals surface area (Å²) in [5.74, 6) is -0.963. The second-order valence-electron chi connectivity index (χ2n) is 6.98. The molecule has 2 rings (SSSR count). The number of carbonyl (C=O) groups is 3. The van der Waals surface area contributed by atoms with E-state index in [9.17, 15) is 14.4 Å². The third-order valence-electron chi connectivity index (χ3n) is 3.79. The van der Waals surface area contributed by atoms with E-state index in [0.717, 1.165) is 0 Å². The molecule has 0 bridgehead atoms. The third-order valence-corrected chi connectivity index (χ3v) is 3.79. The van der Waals surface area contributed by atoms with Gasteiger partial charge in [0.25, 0.3) is 5.91 Å². The second-order valence-corrected chi connectivity index (χ2v) is 6.98. The smallest absolute Gasteiger partial charge is 0.330 e. The summed E-state index contributed by atoms with van der Waals surface area (Å²) in [6.07, 6.45) is 4.39. The molecule has 1 amide bonds. The number of hydrogen-bond acceptors (Lipinski definition) is 5. The first kappa shape index (κ1) is 20.2. The Bertz CT molecular complexity index is 903. The molecule has 2 aromatic rings. The van der Waals surface area contributed by atoms with Crippen LogP contribution in [0.1, 0.15) is 42.8 Å². The summed E-state index contributed by atoms with van der Waals surface area (Å²) >= 11 is 0. The molecule has 0 unspecified atom stereocenters. The number of aromatic nitrogens is 1. The van der Waals surface area contributed by atoms with Crippen LogP contribution in [0.15, 0.2) is 36.5 Å². The molecule has 0 saturated heterocycles. The van der Waals surface area contributed by atoms with Gasteiger partial charge < -0.3 is 15.2 Å². The molecule has 1 heterocycles. The number of esters is 1. The van der Waals surface area contributed by atoms with Gasteiger partial charge in [0.05, 0.1) is 17.7 Å². The first-order valence-corrected chi connectivity index (χ1v) is 8.61. The number of fused-ring (bicyclic) bond motifs is 1. The van der Waals surface area contributed by atoms with Crippen LogP contribution in [0, 0.1) is 5.41 Å². The van der Waals surface area contributed by atoms with Gasteiger partial charge in [-0.05, 0) is 25.1 Å². The minimum atomic E-state index is -0.642. The quantitative estimate of drug-likeness (QED) is 0.621. The van der Waals surface area contributed by atoms with Gasteiger partial charge in [-0.15, -0.1) is 0 Å². The first-order chi connectivity index (χ1) is 12.6. The van der Waals surface area contributed by atoms with Crippen molar-refractivity contribution in [2.75, 3.05) is 13.2 Å². The van der Waals surface area contributed by atoms with Crippen molar-refractivity contribution in [1.82, 2.24) is 4.57 Å². The molecule has 0 radical (unpaired) electrons. The lowest BCUT2D eigenvalue weighted by Gasteiger charge is -2.18. The molecule has 0 saturated carbocycles. The standard InChI is InChI=1S/C20H24N2O5/c1-5-26-17(23)7-6-10-27-16-12-15-13(11-14(16)18(21)24)8-9-22(15)19(25)20(2,3)4/h6-9,11-12H,5,10H2,1-4H3,(H2,21,24)/b7-6+. The third kappa shape index (κ3) is 4.75. The van der Waals surface area contributed by atoms with Crippen LogP contribution in [0.5, 0.6) is 5.75 Å². The SMILES string of the molecule is CCOC(=O)/C=C/COc1cc2c(ccn2C(=O)C(C)(C)C)cc1C(N)=O. The van der Waals surface area contributed by atoms with Gasteiger partial charge in [-0.2, -0.15) is 0 Å². The van der Waals surface area contributed by atoms with Crippen molar-refractivity contribution < 1.29 is 23.9 Å². The number of nitrogens with zero attached hydrogens (tertiary/aromatic N) is 1. The van der Waals surface area contributed by atoms with Gasteiger partial charge in [-0.25, -0.2) is 4.79 Å². The van der Waals surface area contributed by atoms with Crippen molar-refractivity contribution in [2.45, 2.75) is 27.7 Å². The van der Waals surface area contributed by atoms with Crippen LogP contribution in [0.3, 0.4) is 0 Å². The van der Waals surface area contributed by atoms with Gasteiger partial charge in [0, 0.05) is 29.1 Å². The molecule has 0 spiro atoms. The zero-order valence-electron chi connectivity index (χ0n) is 15.9. The fourth-order valence-corrected chi connectivity index (χ4v) is 2.49. The molecule has 27 heavy (non-hydrogen) atoms. The zero-order valence-corrected chi connectivity index (χ0v) is 15.9. The maximum absolute atomic E-state index is 12.6. The Morgan fingerprint density at radius 2 is 1.93 bits per heavy atom. The Hall–Kier alpha value is -3.09. The number of rotatable bonds is 6. The normalized spacial score (nSPS) is 11.7. The number of ether oxygens (including phenoxy) is 2. The molecule has 7 nitrogen and oxygen atoms in total. The van der Waals surface area contributed by atoms with Crippen molar-refractivity contribution in [2.24, 2.45) is 11.1 Å². The van der Waals surface area contributed by atoms with Crippen LogP contribution in [0.4, 0.5) is 0 Å². The Balaban J connectivity index is 2.36. The minimum absolute atomic E-state index is 0.0402. The summed E-state index contributed by atoms with van der Waals surface area (Å²) in [6.45, 7) is 7.53. The number of benzene rings is 1. The van der Waals surface area contributed by atoms with Crippen LogP contribution in [-0.4, -0.2) is 35.6 Å². The van der Waals surface area contributed by atoms with Gasteiger partial charge in [0.15, 0.2) is 0 Å². The van der Waals surface area contributed by atoms with Crippen molar-refractivity contribution >= 4 is 28.7 Å². The van der Waals surface area contributed by atoms with E-state index < -0.39 is 17.3 Å². The first-order valence-electron chi connectivity index (χ1n) is 8.61. The second kappa shape index (κ2) is 8.07. The lowest BCUT2D eigenvalue weighted by molar-refractivity contribution is -0.137. The van der Waals surface area contributed by atoms with Crippen molar-refractivity contribution in [3.8, 4) is 5.75 Å². The predicted molar refractivity (Wildman–Crippen MR) is 102 cm³/mol. The highest BCUT2D eigenvalue weighted by atomic mass is 16.5. The lowest BCUT2D eigenvalue weighted by atomic mass is 9.95. The number of carbonyl (C=O) groups excluding carboxylic acids is 3. The number of hydrogen-bond donors (Lipinski definition) is 1. The number of amides is 1. The van der Waals surface area contributed by atoms with Gasteiger partial charge >= 0.3 is 5.97 Å². The monoisotopic (exact) mass is 372 g/mol. The van der Waals surface area contributed by atoms with Crippen molar-refractivity contribution in [1.29, 1.82) is 0 Å². The zero-order chi connectivity index (χ0) is 20.2. The molecular weight excluding hydrogens is 348 g/mol. The molecule has 0 fully saturated rings. The van der Waals surface area contributed by atoms with Gasteiger partial charge in [0.2, 0.25) is 5.91 Å². The van der Waals surface area contributed by atoms with Crippen LogP contribution in [0.25, 0.3) is 10.9 Å². The highest BCUT2D eigenvalue weighted by Crippen LogP contribution is 2.29. The van der Waals surface area contributed by atoms with E-state index in [4.69, 9.17) is 15.2 Å². The highest BCUT2D eigenvalue weighted by molar-refractivity contribution is 6.02. The molecule has 2 N–H and O–H groups in total. The van der Waals surface area contributed by atoms with Crippen molar-refractivity contribution in [3.63, 3.8) is 0 Å². The van der Waals surface area contributed by atoms with E-state index in [-0.39, 0.29) is 30.4 Å². The summed E-state index contributed by atoms with van der Waals surface area (Å²) < 4.78 is 11.9. The van der Waals surface area contributed by atoms with E-state index in [1.54, 1.807) is 31.3 Å². The highest BCUT2D eigenvalue weighted by Gasteiger charge is 2.25. The summed E-state index contributed by atoms with van der Waals surface area (Å²) in [7, 11) is 0. The Kier molecular flexibility index (Phi) is 6.05. The molecule has 0 atom stereocenters. The largest absolute Gasteiger partial charge is 0.489 e. The average Bonchev–Trinajstić information content (AvgIpc) is 2.99. The average molecular weight is 372 g/mol. The van der Waals surface area contributed by atoms with Crippen molar-refractivity contribution in [3.05, 3.63) is 42.1 Å². The van der Waals surface area contributed by atoms with Crippen LogP contribution >= 0.6 is 0 Å². The predicted octanol–water partition coefficient (Wildman–Crippen LogP) is 2.92. The Morgan fingerprint density at radius 1 is 1.22 bits per heavy atom. The van der Waals surface area contributed by atoms with Gasteiger partial charge in [0.1, 0.15) is 12.4 Å². The topological polar surface area (TPSA) is 101 Å². The molecule has 1 aromatic heterocycles. The van der Waals surface area contributed by atoms with Gasteiger partial charge in [-0.3, -0.25) is 14.2 Å². The molecule has 0 aliphatic heterocycles. The maximum atomic E-state index is 12.6. The molecule has 1 aromatic carbocycles. The van der Waals surface area contributed by atoms with Crippen LogP contribution in [-0.2, 0) is 9.53 Å². The fraction of sp³-hybridized carbons (Fsp3) is 0.350. The Morgan fingerprint density at radius 3 is 2.52 bits per heavy atom. The van der Waals surface area contributed by atoms with E-state index in [0.29, 0.717) is 10.9 Å². The van der Waals surface area contributed by atoms with Crippen LogP contribution in [0.2, 0.25) is 0 Å². The molecule has 0 aliphatic rings. The lowest BCUT2D eigenvalue weighted by Crippen LogP contribution is -2.26. The van der Waals surface area contributed by atoms with E-state index in [2.05, 4.69) is 0 Å².